The Labute approximate surface area is 167 Å². The maximum Gasteiger partial charge on any atom is 0.186 e. The van der Waals surface area contributed by atoms with Gasteiger partial charge in [-0.1, -0.05) is 53.0 Å². The second kappa shape index (κ2) is 9.82. The monoisotopic (exact) mass is 415 g/mol. The van der Waals surface area contributed by atoms with Crippen LogP contribution >= 0.6 is 47.0 Å². The van der Waals surface area contributed by atoms with Crippen molar-refractivity contribution in [1.29, 1.82) is 0 Å². The first-order valence-electron chi connectivity index (χ1n) is 7.43. The highest BCUT2D eigenvalue weighted by Crippen LogP contribution is 2.34. The summed E-state index contributed by atoms with van der Waals surface area (Å²) in [5, 5.41) is 8.78. The van der Waals surface area contributed by atoms with Crippen molar-refractivity contribution in [3.8, 4) is 5.75 Å². The molecule has 0 heterocycles. The van der Waals surface area contributed by atoms with E-state index in [0.29, 0.717) is 31.5 Å². The topological polar surface area (TPSA) is 45.7 Å². The highest BCUT2D eigenvalue weighted by atomic mass is 35.5. The minimum atomic E-state index is 0.269. The first kappa shape index (κ1) is 19.8. The van der Waals surface area contributed by atoms with Crippen LogP contribution in [0.4, 0.5) is 0 Å². The molecule has 2 aromatic carbocycles. The molecule has 2 N–H and O–H groups in total. The Hall–Kier alpha value is -1.53. The third-order valence-corrected chi connectivity index (χ3v) is 4.23. The van der Waals surface area contributed by atoms with Crippen molar-refractivity contribution in [1.82, 2.24) is 10.7 Å². The van der Waals surface area contributed by atoms with E-state index in [0.717, 1.165) is 12.1 Å². The summed E-state index contributed by atoms with van der Waals surface area (Å²) in [6.07, 6.45) is 1.57. The smallest absolute Gasteiger partial charge is 0.186 e. The maximum absolute atomic E-state index is 6.27. The van der Waals surface area contributed by atoms with Gasteiger partial charge in [-0.2, -0.15) is 5.10 Å². The zero-order chi connectivity index (χ0) is 18.2. The van der Waals surface area contributed by atoms with Crippen LogP contribution in [0.1, 0.15) is 18.1 Å². The van der Waals surface area contributed by atoms with Crippen molar-refractivity contribution in [3.63, 3.8) is 0 Å². The van der Waals surface area contributed by atoms with E-state index in [1.54, 1.807) is 24.4 Å². The Balaban J connectivity index is 2.05. The lowest BCUT2D eigenvalue weighted by Crippen LogP contribution is -2.31. The number of ether oxygens (including phenoxy) is 1. The molecular weight excluding hydrogens is 401 g/mol. The van der Waals surface area contributed by atoms with Crippen molar-refractivity contribution in [2.24, 2.45) is 5.10 Å². The van der Waals surface area contributed by atoms with Gasteiger partial charge in [0.1, 0.15) is 6.61 Å². The number of rotatable bonds is 6. The van der Waals surface area contributed by atoms with Crippen molar-refractivity contribution in [2.45, 2.75) is 13.5 Å². The van der Waals surface area contributed by atoms with Crippen LogP contribution in [-0.4, -0.2) is 17.9 Å². The molecule has 0 atom stereocenters. The third-order valence-electron chi connectivity index (χ3n) is 3.07. The Morgan fingerprint density at radius 3 is 2.48 bits per heavy atom. The third kappa shape index (κ3) is 6.04. The molecule has 8 heteroatoms. The molecule has 132 valence electrons. The number of hydrogen-bond acceptors (Lipinski definition) is 3. The van der Waals surface area contributed by atoms with Crippen LogP contribution in [0, 0.1) is 0 Å². The van der Waals surface area contributed by atoms with Gasteiger partial charge in [0.2, 0.25) is 0 Å². The molecule has 0 radical (unpaired) electrons. The van der Waals surface area contributed by atoms with Gasteiger partial charge in [0.25, 0.3) is 0 Å². The standard InChI is InChI=1S/C17H16Cl3N3OS/c1-2-21-17(25)23-22-9-11-7-14(19)16(15(20)8-11)24-10-12-5-3-4-6-13(12)18/h3-9H,2,10H2,1H3,(H2,21,23,25)/b22-9-. The highest BCUT2D eigenvalue weighted by Gasteiger charge is 2.10. The lowest BCUT2D eigenvalue weighted by Gasteiger charge is -2.11. The fourth-order valence-electron chi connectivity index (χ4n) is 1.92. The second-order valence-electron chi connectivity index (χ2n) is 4.92. The van der Waals surface area contributed by atoms with E-state index in [9.17, 15) is 0 Å². The molecule has 0 fully saturated rings. The molecular formula is C17H16Cl3N3OS. The predicted molar refractivity (Wildman–Crippen MR) is 109 cm³/mol. The summed E-state index contributed by atoms with van der Waals surface area (Å²) in [7, 11) is 0. The number of hydrazone groups is 1. The fraction of sp³-hybridized carbons (Fsp3) is 0.176. The SMILES string of the molecule is CCNC(=S)N/N=C\c1cc(Cl)c(OCc2ccccc2Cl)c(Cl)c1. The Kier molecular flexibility index (Phi) is 7.78. The van der Waals surface area contributed by atoms with E-state index in [2.05, 4.69) is 15.8 Å². The summed E-state index contributed by atoms with van der Waals surface area (Å²) in [5.41, 5.74) is 4.26. The average molecular weight is 417 g/mol. The number of hydrogen-bond donors (Lipinski definition) is 2. The predicted octanol–water partition coefficient (Wildman–Crippen LogP) is 5.04. The lowest BCUT2D eigenvalue weighted by atomic mass is 10.2. The van der Waals surface area contributed by atoms with Crippen LogP contribution < -0.4 is 15.5 Å². The molecule has 0 saturated heterocycles. The second-order valence-corrected chi connectivity index (χ2v) is 6.55. The first-order valence-corrected chi connectivity index (χ1v) is 8.97. The van der Waals surface area contributed by atoms with E-state index < -0.39 is 0 Å². The summed E-state index contributed by atoms with van der Waals surface area (Å²) in [4.78, 5) is 0. The maximum atomic E-state index is 6.27. The molecule has 0 bridgehead atoms. The number of benzene rings is 2. The minimum absolute atomic E-state index is 0.269. The molecule has 0 aliphatic carbocycles. The number of thiocarbonyl (C=S) groups is 1. The Bertz CT molecular complexity index is 760. The van der Waals surface area contributed by atoms with Crippen LogP contribution in [0.5, 0.6) is 5.75 Å². The van der Waals surface area contributed by atoms with E-state index in [1.165, 1.54) is 0 Å². The van der Waals surface area contributed by atoms with E-state index >= 15 is 0 Å². The zero-order valence-electron chi connectivity index (χ0n) is 13.4. The quantitative estimate of drug-likeness (QED) is 0.393. The minimum Gasteiger partial charge on any atom is -0.486 e. The van der Waals surface area contributed by atoms with Crippen LogP contribution in [0.2, 0.25) is 15.1 Å². The van der Waals surface area contributed by atoms with Gasteiger partial charge >= 0.3 is 0 Å². The fourth-order valence-corrected chi connectivity index (χ4v) is 2.92. The number of halogens is 3. The average Bonchev–Trinajstić information content (AvgIpc) is 2.56. The van der Waals surface area contributed by atoms with Gasteiger partial charge in [0.15, 0.2) is 10.9 Å². The van der Waals surface area contributed by atoms with Crippen molar-refractivity contribution in [2.75, 3.05) is 6.54 Å². The summed E-state index contributed by atoms with van der Waals surface area (Å²) in [6, 6.07) is 10.8. The van der Waals surface area contributed by atoms with Gasteiger partial charge in [-0.25, -0.2) is 0 Å². The molecule has 25 heavy (non-hydrogen) atoms. The van der Waals surface area contributed by atoms with Crippen LogP contribution in [-0.2, 0) is 6.61 Å². The normalized spacial score (nSPS) is 10.7. The summed E-state index contributed by atoms with van der Waals surface area (Å²) in [5.74, 6) is 0.400. The molecule has 0 aromatic heterocycles. The van der Waals surface area contributed by atoms with E-state index in [-0.39, 0.29) is 6.61 Å². The Morgan fingerprint density at radius 1 is 1.16 bits per heavy atom. The van der Waals surface area contributed by atoms with Gasteiger partial charge in [0, 0.05) is 17.1 Å². The van der Waals surface area contributed by atoms with Gasteiger partial charge in [0.05, 0.1) is 16.3 Å². The molecule has 0 amide bonds. The molecule has 0 unspecified atom stereocenters. The number of nitrogens with zero attached hydrogens (tertiary/aromatic N) is 1. The first-order chi connectivity index (χ1) is 12.0. The molecule has 0 aliphatic rings. The van der Waals surface area contributed by atoms with Crippen molar-refractivity contribution >= 4 is 58.3 Å². The van der Waals surface area contributed by atoms with Gasteiger partial charge in [-0.15, -0.1) is 0 Å². The van der Waals surface area contributed by atoms with Crippen LogP contribution in [0.3, 0.4) is 0 Å². The van der Waals surface area contributed by atoms with Crippen molar-refractivity contribution < 1.29 is 4.74 Å². The van der Waals surface area contributed by atoms with E-state index in [4.69, 9.17) is 51.8 Å². The molecule has 2 rings (SSSR count). The summed E-state index contributed by atoms with van der Waals surface area (Å²) < 4.78 is 5.72. The van der Waals surface area contributed by atoms with Crippen LogP contribution in [0.25, 0.3) is 0 Å². The summed E-state index contributed by atoms with van der Waals surface area (Å²) >= 11 is 23.7. The molecule has 0 spiro atoms. The molecule has 4 nitrogen and oxygen atoms in total. The lowest BCUT2D eigenvalue weighted by molar-refractivity contribution is 0.306. The highest BCUT2D eigenvalue weighted by molar-refractivity contribution is 7.80. The van der Waals surface area contributed by atoms with Gasteiger partial charge < -0.3 is 10.1 Å². The summed E-state index contributed by atoms with van der Waals surface area (Å²) in [6.45, 7) is 2.93. The largest absolute Gasteiger partial charge is 0.486 e. The number of nitrogens with one attached hydrogen (secondary N) is 2. The van der Waals surface area contributed by atoms with E-state index in [1.807, 2.05) is 25.1 Å². The van der Waals surface area contributed by atoms with Crippen LogP contribution in [0.15, 0.2) is 41.5 Å². The Morgan fingerprint density at radius 2 is 1.84 bits per heavy atom. The van der Waals surface area contributed by atoms with Gasteiger partial charge in [-0.3, -0.25) is 5.43 Å². The molecule has 0 saturated carbocycles. The van der Waals surface area contributed by atoms with Gasteiger partial charge in [-0.05, 0) is 42.9 Å². The zero-order valence-corrected chi connectivity index (χ0v) is 16.4. The molecule has 0 aliphatic heterocycles. The molecule has 2 aromatic rings. The van der Waals surface area contributed by atoms with Crippen molar-refractivity contribution in [3.05, 3.63) is 62.6 Å².